The van der Waals surface area contributed by atoms with E-state index in [1.807, 2.05) is 18.2 Å². The average molecular weight is 393 g/mol. The second-order valence-corrected chi connectivity index (χ2v) is 7.31. The maximum absolute atomic E-state index is 12.2. The molecule has 0 spiro atoms. The van der Waals surface area contributed by atoms with E-state index < -0.39 is 0 Å². The van der Waals surface area contributed by atoms with Crippen molar-refractivity contribution < 1.29 is 4.79 Å². The van der Waals surface area contributed by atoms with Gasteiger partial charge in [-0.3, -0.25) is 14.5 Å². The highest BCUT2D eigenvalue weighted by atomic mass is 16.2. The van der Waals surface area contributed by atoms with Crippen molar-refractivity contribution in [3.8, 4) is 0 Å². The second-order valence-electron chi connectivity index (χ2n) is 7.31. The summed E-state index contributed by atoms with van der Waals surface area (Å²) < 4.78 is 1.72. The van der Waals surface area contributed by atoms with Gasteiger partial charge in [0.1, 0.15) is 0 Å². The van der Waals surface area contributed by atoms with Gasteiger partial charge in [-0.25, -0.2) is 0 Å². The van der Waals surface area contributed by atoms with Gasteiger partial charge in [-0.2, -0.15) is 0 Å². The van der Waals surface area contributed by atoms with Gasteiger partial charge in [0.15, 0.2) is 5.69 Å². The minimum Gasteiger partial charge on any atom is -0.347 e. The molecule has 0 saturated carbocycles. The molecule has 2 aromatic heterocycles. The first-order chi connectivity index (χ1) is 14.1. The normalized spacial score (nSPS) is 12.1. The predicted molar refractivity (Wildman–Crippen MR) is 112 cm³/mol. The molecule has 1 aromatic carbocycles. The lowest BCUT2D eigenvalue weighted by atomic mass is 9.98. The van der Waals surface area contributed by atoms with Gasteiger partial charge in [-0.05, 0) is 49.2 Å². The van der Waals surface area contributed by atoms with E-state index in [9.17, 15) is 4.79 Å². The zero-order chi connectivity index (χ0) is 20.5. The highest BCUT2D eigenvalue weighted by Crippen LogP contribution is 2.18. The molecule has 29 heavy (non-hydrogen) atoms. The summed E-state index contributed by atoms with van der Waals surface area (Å²) in [5, 5.41) is 10.9. The number of hydrogen-bond acceptors (Lipinski definition) is 5. The lowest BCUT2D eigenvalue weighted by Gasteiger charge is -2.19. The van der Waals surface area contributed by atoms with E-state index in [1.54, 1.807) is 23.3 Å². The first kappa shape index (κ1) is 20.7. The lowest BCUT2D eigenvalue weighted by molar-refractivity contribution is 0.0946. The minimum absolute atomic E-state index is 0.224. The van der Waals surface area contributed by atoms with Crippen LogP contribution in [0.15, 0.2) is 61.1 Å². The monoisotopic (exact) mass is 392 g/mol. The molecule has 3 aromatic rings. The standard InChI is InChI=1S/C22H28N6O/c1-18(20-6-4-3-5-7-20)10-13-27(2)14-15-28-17-21(25-26-28)22(29)24-16-19-8-11-23-12-9-19/h3-9,11-12,17-18H,10,13-16H2,1-2H3,(H,24,29)/t18-/m1/s1. The number of likely N-dealkylation sites (N-methyl/N-ethyl adjacent to an activating group) is 1. The number of benzene rings is 1. The van der Waals surface area contributed by atoms with Gasteiger partial charge in [0.25, 0.3) is 5.91 Å². The van der Waals surface area contributed by atoms with Crippen LogP contribution in [0.4, 0.5) is 0 Å². The summed E-state index contributed by atoms with van der Waals surface area (Å²) in [5.74, 6) is 0.304. The Hall–Kier alpha value is -3.06. The molecule has 0 aliphatic heterocycles. The highest BCUT2D eigenvalue weighted by molar-refractivity contribution is 5.91. The third-order valence-electron chi connectivity index (χ3n) is 5.00. The molecule has 2 heterocycles. The molecule has 7 nitrogen and oxygen atoms in total. The van der Waals surface area contributed by atoms with Crippen molar-refractivity contribution in [1.29, 1.82) is 0 Å². The zero-order valence-corrected chi connectivity index (χ0v) is 17.0. The SMILES string of the molecule is C[C@H](CCN(C)CCn1cc(C(=O)NCc2ccncc2)nn1)c1ccccc1. The van der Waals surface area contributed by atoms with Crippen LogP contribution >= 0.6 is 0 Å². The summed E-state index contributed by atoms with van der Waals surface area (Å²) in [6.45, 7) is 5.25. The van der Waals surface area contributed by atoms with Crippen molar-refractivity contribution >= 4 is 5.91 Å². The molecule has 152 valence electrons. The number of pyridine rings is 1. The van der Waals surface area contributed by atoms with E-state index in [1.165, 1.54) is 5.56 Å². The number of nitrogens with one attached hydrogen (secondary N) is 1. The van der Waals surface area contributed by atoms with Crippen LogP contribution in [0.1, 0.15) is 40.9 Å². The molecule has 1 atom stereocenters. The van der Waals surface area contributed by atoms with Crippen LogP contribution in [0.3, 0.4) is 0 Å². The van der Waals surface area contributed by atoms with Crippen molar-refractivity contribution in [2.75, 3.05) is 20.1 Å². The minimum atomic E-state index is -0.224. The van der Waals surface area contributed by atoms with Gasteiger partial charge in [0.2, 0.25) is 0 Å². The molecule has 3 rings (SSSR count). The third-order valence-corrected chi connectivity index (χ3v) is 5.00. The van der Waals surface area contributed by atoms with Gasteiger partial charge in [0, 0.05) is 25.5 Å². The average Bonchev–Trinajstić information content (AvgIpc) is 3.25. The van der Waals surface area contributed by atoms with Crippen molar-refractivity contribution in [2.45, 2.75) is 32.4 Å². The maximum Gasteiger partial charge on any atom is 0.273 e. The lowest BCUT2D eigenvalue weighted by Crippen LogP contribution is -2.25. The van der Waals surface area contributed by atoms with Crippen LogP contribution in [0, 0.1) is 0 Å². The maximum atomic E-state index is 12.2. The smallest absolute Gasteiger partial charge is 0.273 e. The summed E-state index contributed by atoms with van der Waals surface area (Å²) in [6, 6.07) is 14.3. The van der Waals surface area contributed by atoms with Gasteiger partial charge in [0.05, 0.1) is 12.7 Å². The molecular formula is C22H28N6O. The zero-order valence-electron chi connectivity index (χ0n) is 17.0. The Bertz CT molecular complexity index is 881. The molecule has 0 unspecified atom stereocenters. The van der Waals surface area contributed by atoms with Crippen LogP contribution in [0.25, 0.3) is 0 Å². The third kappa shape index (κ3) is 6.50. The van der Waals surface area contributed by atoms with Gasteiger partial charge in [-0.15, -0.1) is 5.10 Å². The van der Waals surface area contributed by atoms with E-state index in [-0.39, 0.29) is 5.91 Å². The first-order valence-electron chi connectivity index (χ1n) is 9.92. The Labute approximate surface area is 171 Å². The van der Waals surface area contributed by atoms with Crippen molar-refractivity contribution in [3.05, 3.63) is 77.9 Å². The van der Waals surface area contributed by atoms with Crippen LogP contribution in [-0.2, 0) is 13.1 Å². The molecule has 0 fully saturated rings. The summed E-state index contributed by atoms with van der Waals surface area (Å²) >= 11 is 0. The fourth-order valence-electron chi connectivity index (χ4n) is 3.03. The largest absolute Gasteiger partial charge is 0.347 e. The van der Waals surface area contributed by atoms with Gasteiger partial charge in [-0.1, -0.05) is 42.5 Å². The van der Waals surface area contributed by atoms with E-state index in [0.717, 1.165) is 25.1 Å². The molecule has 0 aliphatic carbocycles. The Balaban J connectivity index is 1.39. The molecule has 1 N–H and O–H groups in total. The van der Waals surface area contributed by atoms with Crippen molar-refractivity contribution in [2.24, 2.45) is 0 Å². The van der Waals surface area contributed by atoms with Gasteiger partial charge < -0.3 is 10.2 Å². The highest BCUT2D eigenvalue weighted by Gasteiger charge is 2.11. The quantitative estimate of drug-likeness (QED) is 0.574. The summed E-state index contributed by atoms with van der Waals surface area (Å²) in [6.07, 6.45) is 6.20. The number of hydrogen-bond donors (Lipinski definition) is 1. The fourth-order valence-corrected chi connectivity index (χ4v) is 3.03. The molecule has 0 aliphatic rings. The summed E-state index contributed by atoms with van der Waals surface area (Å²) in [4.78, 5) is 18.5. The van der Waals surface area contributed by atoms with E-state index >= 15 is 0 Å². The Kier molecular flexibility index (Phi) is 7.47. The van der Waals surface area contributed by atoms with Crippen LogP contribution in [0.2, 0.25) is 0 Å². The van der Waals surface area contributed by atoms with Gasteiger partial charge >= 0.3 is 0 Å². The molecule has 0 radical (unpaired) electrons. The summed E-state index contributed by atoms with van der Waals surface area (Å²) in [5.41, 5.74) is 2.70. The number of amides is 1. The number of carbonyl (C=O) groups is 1. The van der Waals surface area contributed by atoms with Crippen LogP contribution in [-0.4, -0.2) is 50.9 Å². The molecular weight excluding hydrogens is 364 g/mol. The topological polar surface area (TPSA) is 75.9 Å². The Morgan fingerprint density at radius 3 is 2.66 bits per heavy atom. The van der Waals surface area contributed by atoms with Crippen LogP contribution < -0.4 is 5.32 Å². The molecule has 7 heteroatoms. The van der Waals surface area contributed by atoms with Crippen molar-refractivity contribution in [3.63, 3.8) is 0 Å². The molecule has 0 saturated heterocycles. The fraction of sp³-hybridized carbons (Fsp3) is 0.364. The van der Waals surface area contributed by atoms with Crippen LogP contribution in [0.5, 0.6) is 0 Å². The predicted octanol–water partition coefficient (Wildman–Crippen LogP) is 2.73. The number of aromatic nitrogens is 4. The van der Waals surface area contributed by atoms with E-state index in [2.05, 4.69) is 63.7 Å². The number of rotatable bonds is 10. The number of carbonyl (C=O) groups excluding carboxylic acids is 1. The van der Waals surface area contributed by atoms with E-state index in [0.29, 0.717) is 24.7 Å². The first-order valence-corrected chi connectivity index (χ1v) is 9.92. The van der Waals surface area contributed by atoms with Crippen molar-refractivity contribution in [1.82, 2.24) is 30.2 Å². The molecule has 0 bridgehead atoms. The van der Waals surface area contributed by atoms with E-state index in [4.69, 9.17) is 0 Å². The Morgan fingerprint density at radius 2 is 1.90 bits per heavy atom. The second kappa shape index (κ2) is 10.5. The molecule has 1 amide bonds. The summed E-state index contributed by atoms with van der Waals surface area (Å²) in [7, 11) is 2.11. The number of nitrogens with zero attached hydrogens (tertiary/aromatic N) is 5. The Morgan fingerprint density at radius 1 is 1.14 bits per heavy atom.